The SMILES string of the molecule is CCSc1nnc(NC(=O)CCCOc2cccc(C)c2)s1. The van der Waals surface area contributed by atoms with Crippen LogP contribution in [0.25, 0.3) is 0 Å². The van der Waals surface area contributed by atoms with Gasteiger partial charge in [0.25, 0.3) is 0 Å². The third-order valence-corrected chi connectivity index (χ3v) is 4.58. The molecule has 0 bridgehead atoms. The van der Waals surface area contributed by atoms with Crippen LogP contribution in [0.1, 0.15) is 25.3 Å². The second kappa shape index (κ2) is 8.75. The molecule has 2 aromatic rings. The molecule has 1 aromatic heterocycles. The van der Waals surface area contributed by atoms with Gasteiger partial charge in [0, 0.05) is 6.42 Å². The Morgan fingerprint density at radius 1 is 1.41 bits per heavy atom. The molecule has 0 saturated heterocycles. The van der Waals surface area contributed by atoms with Gasteiger partial charge in [-0.25, -0.2) is 0 Å². The van der Waals surface area contributed by atoms with Gasteiger partial charge in [-0.15, -0.1) is 10.2 Å². The van der Waals surface area contributed by atoms with Crippen LogP contribution in [0.5, 0.6) is 5.75 Å². The molecule has 0 aliphatic carbocycles. The number of thioether (sulfide) groups is 1. The normalized spacial score (nSPS) is 10.5. The van der Waals surface area contributed by atoms with Gasteiger partial charge in [-0.2, -0.15) is 0 Å². The molecule has 0 fully saturated rings. The molecule has 22 heavy (non-hydrogen) atoms. The second-order valence-electron chi connectivity index (χ2n) is 4.62. The number of anilines is 1. The average molecular weight is 337 g/mol. The molecule has 5 nitrogen and oxygen atoms in total. The van der Waals surface area contributed by atoms with Gasteiger partial charge < -0.3 is 10.1 Å². The van der Waals surface area contributed by atoms with E-state index in [-0.39, 0.29) is 5.91 Å². The van der Waals surface area contributed by atoms with Gasteiger partial charge in [0.1, 0.15) is 5.75 Å². The fourth-order valence-electron chi connectivity index (χ4n) is 1.75. The van der Waals surface area contributed by atoms with Crippen LogP contribution in [-0.2, 0) is 4.79 Å². The molecule has 0 aliphatic heterocycles. The van der Waals surface area contributed by atoms with E-state index in [9.17, 15) is 4.79 Å². The largest absolute Gasteiger partial charge is 0.494 e. The Balaban J connectivity index is 1.67. The summed E-state index contributed by atoms with van der Waals surface area (Å²) in [7, 11) is 0. The third-order valence-electron chi connectivity index (χ3n) is 2.73. The quantitative estimate of drug-likeness (QED) is 0.451. The van der Waals surface area contributed by atoms with E-state index in [1.807, 2.05) is 31.2 Å². The molecule has 0 saturated carbocycles. The predicted molar refractivity (Wildman–Crippen MR) is 90.8 cm³/mol. The summed E-state index contributed by atoms with van der Waals surface area (Å²) in [5, 5.41) is 11.3. The van der Waals surface area contributed by atoms with E-state index in [1.165, 1.54) is 11.3 Å². The number of ether oxygens (including phenoxy) is 1. The predicted octanol–water partition coefficient (Wildman–Crippen LogP) is 3.76. The summed E-state index contributed by atoms with van der Waals surface area (Å²) >= 11 is 3.02. The Bertz CT molecular complexity index is 616. The lowest BCUT2D eigenvalue weighted by molar-refractivity contribution is -0.116. The van der Waals surface area contributed by atoms with Crippen LogP contribution >= 0.6 is 23.1 Å². The molecule has 118 valence electrons. The lowest BCUT2D eigenvalue weighted by Gasteiger charge is -2.06. The molecule has 0 spiro atoms. The molecule has 7 heteroatoms. The molecule has 2 rings (SSSR count). The first-order chi connectivity index (χ1) is 10.7. The van der Waals surface area contributed by atoms with Gasteiger partial charge in [-0.3, -0.25) is 4.79 Å². The van der Waals surface area contributed by atoms with Crippen molar-refractivity contribution >= 4 is 34.1 Å². The van der Waals surface area contributed by atoms with Gasteiger partial charge >= 0.3 is 0 Å². The first-order valence-corrected chi connectivity index (χ1v) is 8.93. The van der Waals surface area contributed by atoms with Crippen molar-refractivity contribution in [3.05, 3.63) is 29.8 Å². The summed E-state index contributed by atoms with van der Waals surface area (Å²) in [5.41, 5.74) is 1.16. The van der Waals surface area contributed by atoms with Crippen LogP contribution in [0.15, 0.2) is 28.6 Å². The molecule has 0 atom stereocenters. The van der Waals surface area contributed by atoms with E-state index in [2.05, 4.69) is 22.4 Å². The summed E-state index contributed by atoms with van der Waals surface area (Å²) in [6, 6.07) is 7.88. The van der Waals surface area contributed by atoms with Crippen molar-refractivity contribution in [3.8, 4) is 5.75 Å². The Morgan fingerprint density at radius 2 is 2.27 bits per heavy atom. The van der Waals surface area contributed by atoms with Crippen LogP contribution in [0.2, 0.25) is 0 Å². The summed E-state index contributed by atoms with van der Waals surface area (Å²) in [6.45, 7) is 4.59. The van der Waals surface area contributed by atoms with Gasteiger partial charge in [-0.05, 0) is 36.8 Å². The minimum absolute atomic E-state index is 0.0583. The average Bonchev–Trinajstić information content (AvgIpc) is 2.91. The minimum atomic E-state index is -0.0583. The third kappa shape index (κ3) is 5.65. The van der Waals surface area contributed by atoms with Crippen LogP contribution in [-0.4, -0.2) is 28.5 Å². The van der Waals surface area contributed by atoms with Crippen molar-refractivity contribution in [2.24, 2.45) is 0 Å². The maximum atomic E-state index is 11.8. The minimum Gasteiger partial charge on any atom is -0.494 e. The topological polar surface area (TPSA) is 64.1 Å². The second-order valence-corrected chi connectivity index (χ2v) is 7.11. The number of carbonyl (C=O) groups excluding carboxylic acids is 1. The highest BCUT2D eigenvalue weighted by Crippen LogP contribution is 2.25. The van der Waals surface area contributed by atoms with Gasteiger partial charge in [0.2, 0.25) is 11.0 Å². The van der Waals surface area contributed by atoms with E-state index in [1.54, 1.807) is 11.8 Å². The first kappa shape index (κ1) is 16.8. The number of hydrogen-bond acceptors (Lipinski definition) is 6. The van der Waals surface area contributed by atoms with E-state index < -0.39 is 0 Å². The van der Waals surface area contributed by atoms with Crippen molar-refractivity contribution < 1.29 is 9.53 Å². The lowest BCUT2D eigenvalue weighted by Crippen LogP contribution is -2.12. The van der Waals surface area contributed by atoms with Crippen LogP contribution in [0.4, 0.5) is 5.13 Å². The Labute approximate surface area is 138 Å². The number of nitrogens with one attached hydrogen (secondary N) is 1. The van der Waals surface area contributed by atoms with Crippen molar-refractivity contribution in [2.75, 3.05) is 17.7 Å². The standard InChI is InChI=1S/C15H19N3O2S2/c1-3-21-15-18-17-14(22-15)16-13(19)8-5-9-20-12-7-4-6-11(2)10-12/h4,6-7,10H,3,5,8-9H2,1-2H3,(H,16,17,19). The molecule has 0 aliphatic rings. The highest BCUT2D eigenvalue weighted by molar-refractivity contribution is 8.01. The number of rotatable bonds is 8. The summed E-state index contributed by atoms with van der Waals surface area (Å²) in [4.78, 5) is 11.8. The molecule has 1 N–H and O–H groups in total. The Kier molecular flexibility index (Phi) is 6.67. The van der Waals surface area contributed by atoms with Crippen molar-refractivity contribution in [3.63, 3.8) is 0 Å². The van der Waals surface area contributed by atoms with E-state index in [4.69, 9.17) is 4.74 Å². The first-order valence-electron chi connectivity index (χ1n) is 7.13. The van der Waals surface area contributed by atoms with Gasteiger partial charge in [-0.1, -0.05) is 42.2 Å². The maximum absolute atomic E-state index is 11.8. The number of benzene rings is 1. The van der Waals surface area contributed by atoms with Crippen LogP contribution in [0.3, 0.4) is 0 Å². The zero-order valence-electron chi connectivity index (χ0n) is 12.7. The summed E-state index contributed by atoms with van der Waals surface area (Å²) in [5.74, 6) is 1.72. The number of carbonyl (C=O) groups is 1. The molecule has 0 unspecified atom stereocenters. The highest BCUT2D eigenvalue weighted by Gasteiger charge is 2.08. The fourth-order valence-corrected chi connectivity index (χ4v) is 3.42. The number of hydrogen-bond donors (Lipinski definition) is 1. The van der Waals surface area contributed by atoms with Gasteiger partial charge in [0.05, 0.1) is 6.61 Å². The number of aromatic nitrogens is 2. The summed E-state index contributed by atoms with van der Waals surface area (Å²) in [6.07, 6.45) is 1.07. The van der Waals surface area contributed by atoms with Gasteiger partial charge in [0.15, 0.2) is 4.34 Å². The van der Waals surface area contributed by atoms with Crippen molar-refractivity contribution in [1.82, 2.24) is 10.2 Å². The monoisotopic (exact) mass is 337 g/mol. The van der Waals surface area contributed by atoms with Crippen LogP contribution < -0.4 is 10.1 Å². The molecule has 1 heterocycles. The highest BCUT2D eigenvalue weighted by atomic mass is 32.2. The molecule has 0 radical (unpaired) electrons. The molecular formula is C15H19N3O2S2. The van der Waals surface area contributed by atoms with Crippen LogP contribution in [0, 0.1) is 6.92 Å². The summed E-state index contributed by atoms with van der Waals surface area (Å²) < 4.78 is 6.49. The van der Waals surface area contributed by atoms with Crippen molar-refractivity contribution in [2.45, 2.75) is 31.0 Å². The van der Waals surface area contributed by atoms with E-state index in [0.717, 1.165) is 21.4 Å². The zero-order chi connectivity index (χ0) is 15.8. The number of aryl methyl sites for hydroxylation is 1. The van der Waals surface area contributed by atoms with E-state index in [0.29, 0.717) is 24.6 Å². The smallest absolute Gasteiger partial charge is 0.226 e. The molecule has 1 aromatic carbocycles. The number of amides is 1. The Morgan fingerprint density at radius 3 is 3.05 bits per heavy atom. The molecule has 1 amide bonds. The van der Waals surface area contributed by atoms with E-state index >= 15 is 0 Å². The maximum Gasteiger partial charge on any atom is 0.226 e. The van der Waals surface area contributed by atoms with Crippen molar-refractivity contribution in [1.29, 1.82) is 0 Å². The lowest BCUT2D eigenvalue weighted by atomic mass is 10.2. The zero-order valence-corrected chi connectivity index (χ0v) is 14.3. The molecular weight excluding hydrogens is 318 g/mol. The fraction of sp³-hybridized carbons (Fsp3) is 0.400. The number of nitrogens with zero attached hydrogens (tertiary/aromatic N) is 2. The Hall–Kier alpha value is -1.60.